The molecule has 2 rings (SSSR count). The van der Waals surface area contributed by atoms with Gasteiger partial charge in [-0.25, -0.2) is 0 Å². The van der Waals surface area contributed by atoms with Gasteiger partial charge < -0.3 is 20.9 Å². The zero-order valence-corrected chi connectivity index (χ0v) is 20.4. The molecule has 0 spiro atoms. The van der Waals surface area contributed by atoms with Gasteiger partial charge in [-0.3, -0.25) is 14.6 Å². The monoisotopic (exact) mass is 565 g/mol. The van der Waals surface area contributed by atoms with Crippen LogP contribution in [0, 0.1) is 5.92 Å². The summed E-state index contributed by atoms with van der Waals surface area (Å²) in [7, 11) is 1.71. The minimum Gasteiger partial charge on any atom is -0.355 e. The average Bonchev–Trinajstić information content (AvgIpc) is 3.12. The van der Waals surface area contributed by atoms with Crippen LogP contribution in [0.4, 0.5) is 0 Å². The van der Waals surface area contributed by atoms with Crippen LogP contribution in [0.15, 0.2) is 33.7 Å². The second-order valence-electron chi connectivity index (χ2n) is 6.83. The van der Waals surface area contributed by atoms with E-state index in [2.05, 4.69) is 36.9 Å². The number of hydrogen-bond acceptors (Lipinski definition) is 3. The third-order valence-electron chi connectivity index (χ3n) is 4.37. The maximum absolute atomic E-state index is 12.1. The van der Waals surface area contributed by atoms with Crippen molar-refractivity contribution < 1.29 is 9.59 Å². The Labute approximate surface area is 192 Å². The highest BCUT2D eigenvalue weighted by molar-refractivity contribution is 14.0. The topological polar surface area (TPSA) is 85.8 Å². The Morgan fingerprint density at radius 1 is 1.21 bits per heavy atom. The summed E-state index contributed by atoms with van der Waals surface area (Å²) in [6.45, 7) is 6.35. The minimum absolute atomic E-state index is 0. The highest BCUT2D eigenvalue weighted by Crippen LogP contribution is 2.12. The zero-order chi connectivity index (χ0) is 19.8. The molecule has 0 aliphatic carbocycles. The molecule has 7 nitrogen and oxygen atoms in total. The molecule has 2 amide bonds. The Morgan fingerprint density at radius 2 is 1.86 bits per heavy atom. The van der Waals surface area contributed by atoms with Crippen LogP contribution < -0.4 is 16.0 Å². The normalized spacial score (nSPS) is 16.5. The third-order valence-corrected chi connectivity index (χ3v) is 4.90. The molecule has 9 heteroatoms. The molecule has 3 N–H and O–H groups in total. The number of nitrogens with zero attached hydrogens (tertiary/aromatic N) is 2. The van der Waals surface area contributed by atoms with Gasteiger partial charge in [0.05, 0.1) is 0 Å². The first-order valence-electron chi connectivity index (χ1n) is 9.20. The number of rotatable bonds is 6. The van der Waals surface area contributed by atoms with E-state index in [-0.39, 0.29) is 47.8 Å². The van der Waals surface area contributed by atoms with Crippen molar-refractivity contribution in [2.75, 3.05) is 33.2 Å². The number of likely N-dealkylation sites (tertiary alicyclic amines) is 1. The first-order valence-corrected chi connectivity index (χ1v) is 9.99. The summed E-state index contributed by atoms with van der Waals surface area (Å²) in [5.74, 6) is 0.788. The van der Waals surface area contributed by atoms with Crippen molar-refractivity contribution in [2.24, 2.45) is 10.9 Å². The van der Waals surface area contributed by atoms with Gasteiger partial charge in [0.2, 0.25) is 5.91 Å². The standard InChI is InChI=1S/C19H28BrN5O2.HI/c1-13(2)18(27)25-11-8-16(12-25)24-19(21-3)23-10-9-22-17(26)14-4-6-15(20)7-5-14;/h4-7,13,16H,8-12H2,1-3H3,(H,22,26)(H2,21,23,24);1H. The second kappa shape index (κ2) is 12.3. The van der Waals surface area contributed by atoms with Crippen molar-refractivity contribution in [3.63, 3.8) is 0 Å². The molecule has 0 saturated carbocycles. The maximum Gasteiger partial charge on any atom is 0.251 e. The second-order valence-corrected chi connectivity index (χ2v) is 7.75. The fourth-order valence-corrected chi connectivity index (χ4v) is 3.16. The van der Waals surface area contributed by atoms with E-state index >= 15 is 0 Å². The summed E-state index contributed by atoms with van der Waals surface area (Å²) in [6, 6.07) is 7.42. The van der Waals surface area contributed by atoms with E-state index in [1.54, 1.807) is 19.2 Å². The highest BCUT2D eigenvalue weighted by Gasteiger charge is 2.27. The third kappa shape index (κ3) is 7.57. The molecule has 28 heavy (non-hydrogen) atoms. The maximum atomic E-state index is 12.1. The van der Waals surface area contributed by atoms with Gasteiger partial charge in [0.25, 0.3) is 5.91 Å². The molecular weight excluding hydrogens is 537 g/mol. The Morgan fingerprint density at radius 3 is 2.46 bits per heavy atom. The van der Waals surface area contributed by atoms with Crippen LogP contribution in [0.3, 0.4) is 0 Å². The lowest BCUT2D eigenvalue weighted by molar-refractivity contribution is -0.133. The van der Waals surface area contributed by atoms with Gasteiger partial charge in [-0.2, -0.15) is 0 Å². The molecule has 156 valence electrons. The number of benzene rings is 1. The van der Waals surface area contributed by atoms with Gasteiger partial charge in [0, 0.05) is 55.2 Å². The van der Waals surface area contributed by atoms with Crippen LogP contribution in [0.5, 0.6) is 0 Å². The number of guanidine groups is 1. The number of halogens is 2. The number of carbonyl (C=O) groups is 2. The van der Waals surface area contributed by atoms with Crippen molar-refractivity contribution in [3.05, 3.63) is 34.3 Å². The van der Waals surface area contributed by atoms with Crippen LogP contribution in [0.2, 0.25) is 0 Å². The van der Waals surface area contributed by atoms with Crippen LogP contribution in [0.1, 0.15) is 30.6 Å². The lowest BCUT2D eigenvalue weighted by atomic mass is 10.2. The quantitative estimate of drug-likeness (QED) is 0.214. The van der Waals surface area contributed by atoms with Gasteiger partial charge >= 0.3 is 0 Å². The molecule has 1 aromatic carbocycles. The number of carbonyl (C=O) groups excluding carboxylic acids is 2. The molecule has 0 bridgehead atoms. The minimum atomic E-state index is -0.106. The fourth-order valence-electron chi connectivity index (χ4n) is 2.89. The van der Waals surface area contributed by atoms with E-state index in [1.807, 2.05) is 30.9 Å². The fraction of sp³-hybridized carbons (Fsp3) is 0.526. The summed E-state index contributed by atoms with van der Waals surface area (Å²) in [5.41, 5.74) is 0.626. The van der Waals surface area contributed by atoms with E-state index in [0.717, 1.165) is 17.4 Å². The van der Waals surface area contributed by atoms with E-state index < -0.39 is 0 Å². The molecule has 1 heterocycles. The van der Waals surface area contributed by atoms with Crippen molar-refractivity contribution in [1.29, 1.82) is 0 Å². The van der Waals surface area contributed by atoms with Crippen LogP contribution in [0.25, 0.3) is 0 Å². The number of aliphatic imine (C=N–C) groups is 1. The average molecular weight is 566 g/mol. The summed E-state index contributed by atoms with van der Waals surface area (Å²) >= 11 is 3.35. The van der Waals surface area contributed by atoms with Gasteiger partial charge in [0.1, 0.15) is 0 Å². The van der Waals surface area contributed by atoms with Crippen LogP contribution in [-0.4, -0.2) is 61.9 Å². The molecule has 0 aromatic heterocycles. The first kappa shape index (κ1) is 24.7. The molecule has 1 aliphatic heterocycles. The molecule has 1 aromatic rings. The Kier molecular flexibility index (Phi) is 10.8. The van der Waals surface area contributed by atoms with Crippen molar-refractivity contribution >= 4 is 57.7 Å². The smallest absolute Gasteiger partial charge is 0.251 e. The largest absolute Gasteiger partial charge is 0.355 e. The molecular formula is C19H29BrIN5O2. The predicted molar refractivity (Wildman–Crippen MR) is 126 cm³/mol. The molecule has 1 unspecified atom stereocenters. The van der Waals surface area contributed by atoms with Gasteiger partial charge in [-0.15, -0.1) is 24.0 Å². The molecule has 1 fully saturated rings. The summed E-state index contributed by atoms with van der Waals surface area (Å²) in [6.07, 6.45) is 0.902. The summed E-state index contributed by atoms with van der Waals surface area (Å²) in [5, 5.41) is 9.41. The lowest BCUT2D eigenvalue weighted by Crippen LogP contribution is -2.47. The first-order chi connectivity index (χ1) is 12.9. The van der Waals surface area contributed by atoms with Crippen molar-refractivity contribution in [2.45, 2.75) is 26.3 Å². The highest BCUT2D eigenvalue weighted by atomic mass is 127. The van der Waals surface area contributed by atoms with Crippen LogP contribution >= 0.6 is 39.9 Å². The zero-order valence-electron chi connectivity index (χ0n) is 16.5. The van der Waals surface area contributed by atoms with Gasteiger partial charge in [0.15, 0.2) is 5.96 Å². The number of amides is 2. The Hall–Kier alpha value is -1.36. The lowest BCUT2D eigenvalue weighted by Gasteiger charge is -2.20. The Bertz CT molecular complexity index is 681. The van der Waals surface area contributed by atoms with E-state index in [9.17, 15) is 9.59 Å². The molecule has 0 radical (unpaired) electrons. The van der Waals surface area contributed by atoms with E-state index in [4.69, 9.17) is 0 Å². The van der Waals surface area contributed by atoms with Crippen LogP contribution in [-0.2, 0) is 4.79 Å². The van der Waals surface area contributed by atoms with Crippen molar-refractivity contribution in [3.8, 4) is 0 Å². The molecule has 1 saturated heterocycles. The van der Waals surface area contributed by atoms with E-state index in [1.165, 1.54) is 0 Å². The van der Waals surface area contributed by atoms with E-state index in [0.29, 0.717) is 31.2 Å². The van der Waals surface area contributed by atoms with Gasteiger partial charge in [-0.05, 0) is 30.7 Å². The number of hydrogen-bond donors (Lipinski definition) is 3. The molecule has 1 aliphatic rings. The van der Waals surface area contributed by atoms with Gasteiger partial charge in [-0.1, -0.05) is 29.8 Å². The molecule has 1 atom stereocenters. The summed E-state index contributed by atoms with van der Waals surface area (Å²) in [4.78, 5) is 30.2. The summed E-state index contributed by atoms with van der Waals surface area (Å²) < 4.78 is 0.941. The van der Waals surface area contributed by atoms with Crippen molar-refractivity contribution in [1.82, 2.24) is 20.9 Å². The number of nitrogens with one attached hydrogen (secondary N) is 3. The predicted octanol–water partition coefficient (Wildman–Crippen LogP) is 2.22. The Balaban J connectivity index is 0.00000392. The SMILES string of the molecule is CN=C(NCCNC(=O)c1ccc(Br)cc1)NC1CCN(C(=O)C(C)C)C1.I.